The molecule has 0 aliphatic heterocycles. The number of hydrogen-bond acceptors (Lipinski definition) is 2. The first-order chi connectivity index (χ1) is 16.2. The number of aryl methyl sites for hydroxylation is 2. The maximum absolute atomic E-state index is 2.52. The number of rotatable bonds is 12. The quantitative estimate of drug-likeness (QED) is 0.109. The van der Waals surface area contributed by atoms with Crippen molar-refractivity contribution in [1.29, 1.82) is 0 Å². The van der Waals surface area contributed by atoms with Gasteiger partial charge in [0.2, 0.25) is 0 Å². The Kier molecular flexibility index (Phi) is 7.93. The molecule has 0 aliphatic rings. The van der Waals surface area contributed by atoms with Crippen LogP contribution in [0.4, 0.5) is 0 Å². The van der Waals surface area contributed by atoms with Crippen LogP contribution in [0.1, 0.15) is 87.8 Å². The van der Waals surface area contributed by atoms with Gasteiger partial charge in [-0.2, -0.15) is 0 Å². The van der Waals surface area contributed by atoms with Crippen LogP contribution < -0.4 is 0 Å². The minimum atomic E-state index is 0.446. The first-order valence-electron chi connectivity index (χ1n) is 13.1. The van der Waals surface area contributed by atoms with E-state index in [1.54, 1.807) is 18.3 Å². The van der Waals surface area contributed by atoms with E-state index in [0.717, 1.165) is 0 Å². The summed E-state index contributed by atoms with van der Waals surface area (Å²) >= 11 is 4.52. The average Bonchev–Trinajstić information content (AvgIpc) is 3.49. The fraction of sp³-hybridized carbons (Fsp3) is 0.467. The predicted molar refractivity (Wildman–Crippen MR) is 154 cm³/mol. The van der Waals surface area contributed by atoms with Gasteiger partial charge in [0.05, 0.1) is 0 Å². The van der Waals surface area contributed by atoms with E-state index in [1.165, 1.54) is 108 Å². The summed E-state index contributed by atoms with van der Waals surface area (Å²) in [5, 5.41) is 5.95. The van der Waals surface area contributed by atoms with Crippen LogP contribution in [0.25, 0.3) is 39.5 Å². The third-order valence-corrected chi connectivity index (χ3v) is 11.6. The van der Waals surface area contributed by atoms with Gasteiger partial charge in [-0.3, -0.25) is 0 Å². The molecule has 0 amide bonds. The Labute approximate surface area is 212 Å². The fourth-order valence-electron chi connectivity index (χ4n) is 5.01. The molecule has 5 rings (SSSR count). The molecular formula is C30H36S2Se. The van der Waals surface area contributed by atoms with Gasteiger partial charge in [0, 0.05) is 0 Å². The van der Waals surface area contributed by atoms with E-state index in [0.29, 0.717) is 14.5 Å². The van der Waals surface area contributed by atoms with Crippen LogP contribution >= 0.6 is 22.7 Å². The average molecular weight is 540 g/mol. The molecule has 0 radical (unpaired) electrons. The second-order valence-electron chi connectivity index (χ2n) is 9.63. The molecule has 0 spiro atoms. The first kappa shape index (κ1) is 23.6. The molecular weight excluding hydrogens is 503 g/mol. The zero-order valence-corrected chi connectivity index (χ0v) is 23.5. The molecule has 3 aromatic heterocycles. The van der Waals surface area contributed by atoms with Crippen molar-refractivity contribution in [2.75, 3.05) is 0 Å². The standard InChI is InChI=1S/C30H36S2Se/c1-3-5-7-9-11-13-23-15-21-17-25-26-18-22-16-24(14-12-10-8-6-4-2)32-28(22)20-30(26)33-29(25)19-27(21)31-23/h15-20H,3-14H2,1-2H3. The summed E-state index contributed by atoms with van der Waals surface area (Å²) in [4.78, 5) is 3.16. The number of unbranched alkanes of at least 4 members (excludes halogenated alkanes) is 8. The van der Waals surface area contributed by atoms with Gasteiger partial charge < -0.3 is 0 Å². The Morgan fingerprint density at radius 3 is 1.45 bits per heavy atom. The van der Waals surface area contributed by atoms with E-state index in [4.69, 9.17) is 0 Å². The van der Waals surface area contributed by atoms with E-state index in [9.17, 15) is 0 Å². The summed E-state index contributed by atoms with van der Waals surface area (Å²) in [6.45, 7) is 4.59. The van der Waals surface area contributed by atoms with Crippen molar-refractivity contribution >= 4 is 76.6 Å². The van der Waals surface area contributed by atoms with Gasteiger partial charge in [-0.15, -0.1) is 0 Å². The molecule has 0 atom stereocenters. The second-order valence-corrected chi connectivity index (χ2v) is 14.2. The molecule has 5 aromatic rings. The van der Waals surface area contributed by atoms with Crippen LogP contribution in [0, 0.1) is 0 Å². The summed E-state index contributed by atoms with van der Waals surface area (Å²) in [5.41, 5.74) is 0. The van der Waals surface area contributed by atoms with Crippen LogP contribution in [0.2, 0.25) is 0 Å². The van der Waals surface area contributed by atoms with Crippen LogP contribution in [-0.4, -0.2) is 14.5 Å². The molecule has 33 heavy (non-hydrogen) atoms. The third-order valence-electron chi connectivity index (χ3n) is 6.90. The van der Waals surface area contributed by atoms with E-state index < -0.39 is 0 Å². The SMILES string of the molecule is CCCCCCCc1cc2cc3c(cc2s1)[se]c1cc2sc(CCCCCCC)cc2cc13. The predicted octanol–water partition coefficient (Wildman–Crippen LogP) is 10.5. The van der Waals surface area contributed by atoms with E-state index in [1.807, 2.05) is 22.7 Å². The molecule has 3 heterocycles. The van der Waals surface area contributed by atoms with Crippen molar-refractivity contribution in [3.63, 3.8) is 0 Å². The Bertz CT molecular complexity index is 1250. The molecule has 3 heteroatoms. The molecule has 174 valence electrons. The molecule has 0 saturated carbocycles. The maximum atomic E-state index is 2.52. The Morgan fingerprint density at radius 2 is 1.00 bits per heavy atom. The van der Waals surface area contributed by atoms with Crippen molar-refractivity contribution < 1.29 is 0 Å². The van der Waals surface area contributed by atoms with Gasteiger partial charge >= 0.3 is 214 Å². The second kappa shape index (κ2) is 11.1. The van der Waals surface area contributed by atoms with Crippen LogP contribution in [0.3, 0.4) is 0 Å². The summed E-state index contributed by atoms with van der Waals surface area (Å²) < 4.78 is 6.18. The summed E-state index contributed by atoms with van der Waals surface area (Å²) in [6.07, 6.45) is 16.2. The van der Waals surface area contributed by atoms with Crippen molar-refractivity contribution in [2.45, 2.75) is 90.9 Å². The molecule has 2 aromatic carbocycles. The first-order valence-corrected chi connectivity index (χ1v) is 16.4. The monoisotopic (exact) mass is 540 g/mol. The van der Waals surface area contributed by atoms with Gasteiger partial charge in [-0.1, -0.05) is 0 Å². The van der Waals surface area contributed by atoms with Gasteiger partial charge in [0.15, 0.2) is 0 Å². The van der Waals surface area contributed by atoms with Crippen LogP contribution in [0.15, 0.2) is 36.4 Å². The van der Waals surface area contributed by atoms with Gasteiger partial charge in [-0.25, -0.2) is 0 Å². The Morgan fingerprint density at radius 1 is 0.545 bits per heavy atom. The van der Waals surface area contributed by atoms with Gasteiger partial charge in [-0.05, 0) is 0 Å². The van der Waals surface area contributed by atoms with Gasteiger partial charge in [0.25, 0.3) is 0 Å². The van der Waals surface area contributed by atoms with Gasteiger partial charge in [0.1, 0.15) is 0 Å². The van der Waals surface area contributed by atoms with E-state index in [-0.39, 0.29) is 0 Å². The van der Waals surface area contributed by atoms with Crippen molar-refractivity contribution in [3.05, 3.63) is 46.2 Å². The van der Waals surface area contributed by atoms with E-state index in [2.05, 4.69) is 50.2 Å². The topological polar surface area (TPSA) is 0 Å². The molecule has 0 aliphatic carbocycles. The number of fused-ring (bicyclic) bond motifs is 5. The summed E-state index contributed by atoms with van der Waals surface area (Å²) in [6, 6.07) is 15.0. The number of thiophene rings is 2. The fourth-order valence-corrected chi connectivity index (χ4v) is 10.0. The van der Waals surface area contributed by atoms with Crippen LogP contribution in [0.5, 0.6) is 0 Å². The normalized spacial score (nSPS) is 12.2. The number of benzene rings is 2. The summed E-state index contributed by atoms with van der Waals surface area (Å²) in [5.74, 6) is 0. The summed E-state index contributed by atoms with van der Waals surface area (Å²) in [7, 11) is 0. The van der Waals surface area contributed by atoms with Crippen LogP contribution in [-0.2, 0) is 12.8 Å². The molecule has 0 unspecified atom stereocenters. The molecule has 0 saturated heterocycles. The zero-order valence-electron chi connectivity index (χ0n) is 20.2. The van der Waals surface area contributed by atoms with Crippen molar-refractivity contribution in [3.8, 4) is 0 Å². The Hall–Kier alpha value is -1.12. The molecule has 0 bridgehead atoms. The Balaban J connectivity index is 1.37. The minimum absolute atomic E-state index is 0.446. The molecule has 0 N–H and O–H groups in total. The number of hydrogen-bond donors (Lipinski definition) is 0. The molecule has 0 nitrogen and oxygen atoms in total. The van der Waals surface area contributed by atoms with E-state index >= 15 is 0 Å². The van der Waals surface area contributed by atoms with Crippen molar-refractivity contribution in [1.82, 2.24) is 0 Å². The zero-order chi connectivity index (χ0) is 22.6. The van der Waals surface area contributed by atoms with Crippen molar-refractivity contribution in [2.24, 2.45) is 0 Å². The molecule has 0 fully saturated rings. The third kappa shape index (κ3) is 5.43.